The number of rotatable bonds is 3. The van der Waals surface area contributed by atoms with Crippen LogP contribution >= 0.6 is 0 Å². The molecule has 1 heterocycles. The van der Waals surface area contributed by atoms with Crippen molar-refractivity contribution in [3.63, 3.8) is 0 Å². The summed E-state index contributed by atoms with van der Waals surface area (Å²) in [6.07, 6.45) is -4.27. The van der Waals surface area contributed by atoms with Gasteiger partial charge in [-0.2, -0.15) is 13.2 Å². The normalized spacial score (nSPS) is 16.3. The summed E-state index contributed by atoms with van der Waals surface area (Å²) >= 11 is 0. The second-order valence-electron chi connectivity index (χ2n) is 4.09. The Morgan fingerprint density at radius 1 is 1.26 bits per heavy atom. The van der Waals surface area contributed by atoms with E-state index in [0.717, 1.165) is 6.07 Å². The molecule has 1 fully saturated rings. The molecule has 1 aromatic carbocycles. The van der Waals surface area contributed by atoms with E-state index in [1.165, 1.54) is 6.07 Å². The fourth-order valence-corrected chi connectivity index (χ4v) is 1.97. The van der Waals surface area contributed by atoms with Crippen molar-refractivity contribution < 1.29 is 22.7 Å². The summed E-state index contributed by atoms with van der Waals surface area (Å²) in [5.74, 6) is 0. The summed E-state index contributed by atoms with van der Waals surface area (Å²) in [5.41, 5.74) is -0.602. The lowest BCUT2D eigenvalue weighted by Crippen LogP contribution is -2.36. The molecule has 0 atom stereocenters. The topological polar surface area (TPSA) is 41.6 Å². The highest BCUT2D eigenvalue weighted by Gasteiger charge is 2.34. The maximum Gasteiger partial charge on any atom is 0.418 e. The van der Waals surface area contributed by atoms with Crippen LogP contribution < -0.4 is 10.2 Å². The van der Waals surface area contributed by atoms with E-state index in [9.17, 15) is 18.0 Å². The molecule has 2 rings (SSSR count). The van der Waals surface area contributed by atoms with Crippen molar-refractivity contribution >= 4 is 17.8 Å². The number of hydrogen-bond donors (Lipinski definition) is 1. The monoisotopic (exact) mass is 274 g/mol. The molecule has 7 heteroatoms. The Balaban J connectivity index is 2.34. The molecule has 0 saturated carbocycles. The number of benzene rings is 1. The molecule has 0 aliphatic carbocycles. The smallest absolute Gasteiger partial charge is 0.378 e. The van der Waals surface area contributed by atoms with Gasteiger partial charge in [0.15, 0.2) is 0 Å². The van der Waals surface area contributed by atoms with Crippen molar-refractivity contribution in [2.24, 2.45) is 0 Å². The molecule has 0 unspecified atom stereocenters. The minimum absolute atomic E-state index is 0.235. The summed E-state index contributed by atoms with van der Waals surface area (Å²) in [6.45, 7) is 2.10. The molecule has 19 heavy (non-hydrogen) atoms. The number of alkyl halides is 3. The van der Waals surface area contributed by atoms with Gasteiger partial charge in [0, 0.05) is 18.8 Å². The second-order valence-corrected chi connectivity index (χ2v) is 4.09. The number of nitrogens with zero attached hydrogens (tertiary/aromatic N) is 1. The number of carbonyl (C=O) groups excluding carboxylic acids is 1. The molecule has 1 aromatic rings. The van der Waals surface area contributed by atoms with Gasteiger partial charge in [-0.25, -0.2) is 0 Å². The van der Waals surface area contributed by atoms with Crippen LogP contribution in [-0.4, -0.2) is 32.7 Å². The van der Waals surface area contributed by atoms with Crippen molar-refractivity contribution in [3.05, 3.63) is 23.8 Å². The van der Waals surface area contributed by atoms with E-state index in [1.807, 2.05) is 4.90 Å². The molecule has 0 bridgehead atoms. The first kappa shape index (κ1) is 13.7. The fourth-order valence-electron chi connectivity index (χ4n) is 1.97. The third kappa shape index (κ3) is 3.17. The van der Waals surface area contributed by atoms with Crippen molar-refractivity contribution in [2.75, 3.05) is 36.5 Å². The Bertz CT molecular complexity index is 457. The van der Waals surface area contributed by atoms with Crippen molar-refractivity contribution in [3.8, 4) is 0 Å². The average molecular weight is 274 g/mol. The maximum atomic E-state index is 12.9. The molecule has 0 spiro atoms. The molecule has 1 saturated heterocycles. The third-order valence-corrected chi connectivity index (χ3v) is 2.90. The number of carbonyl (C=O) groups is 1. The summed E-state index contributed by atoms with van der Waals surface area (Å²) in [5, 5.41) is 2.07. The fraction of sp³-hybridized carbons (Fsp3) is 0.417. The Hall–Kier alpha value is -1.76. The summed E-state index contributed by atoms with van der Waals surface area (Å²) in [6, 6.07) is 3.88. The SMILES string of the molecule is O=CNc1ccc(N2CCOCC2)cc1C(F)(F)F. The van der Waals surface area contributed by atoms with Gasteiger partial charge in [-0.3, -0.25) is 4.79 Å². The van der Waals surface area contributed by atoms with Crippen LogP contribution in [0.4, 0.5) is 24.5 Å². The average Bonchev–Trinajstić information content (AvgIpc) is 2.39. The van der Waals surface area contributed by atoms with Crippen LogP contribution in [0.5, 0.6) is 0 Å². The van der Waals surface area contributed by atoms with E-state index in [0.29, 0.717) is 32.0 Å². The lowest BCUT2D eigenvalue weighted by molar-refractivity contribution is -0.136. The van der Waals surface area contributed by atoms with Crippen LogP contribution in [0.15, 0.2) is 18.2 Å². The van der Waals surface area contributed by atoms with E-state index >= 15 is 0 Å². The van der Waals surface area contributed by atoms with Gasteiger partial charge in [-0.1, -0.05) is 0 Å². The first-order valence-electron chi connectivity index (χ1n) is 5.76. The Morgan fingerprint density at radius 3 is 2.53 bits per heavy atom. The number of hydrogen-bond acceptors (Lipinski definition) is 3. The van der Waals surface area contributed by atoms with Crippen molar-refractivity contribution in [1.29, 1.82) is 0 Å². The van der Waals surface area contributed by atoms with Crippen LogP contribution in [0, 0.1) is 0 Å². The van der Waals surface area contributed by atoms with Crippen molar-refractivity contribution in [2.45, 2.75) is 6.18 Å². The highest BCUT2D eigenvalue weighted by Crippen LogP contribution is 2.37. The van der Waals surface area contributed by atoms with Crippen LogP contribution in [-0.2, 0) is 15.7 Å². The largest absolute Gasteiger partial charge is 0.418 e. The first-order chi connectivity index (χ1) is 9.02. The summed E-state index contributed by atoms with van der Waals surface area (Å²) < 4.78 is 43.9. The van der Waals surface area contributed by atoms with Crippen molar-refractivity contribution in [1.82, 2.24) is 0 Å². The lowest BCUT2D eigenvalue weighted by Gasteiger charge is -2.29. The molecule has 0 aromatic heterocycles. The van der Waals surface area contributed by atoms with Gasteiger partial charge in [-0.15, -0.1) is 0 Å². The van der Waals surface area contributed by atoms with Gasteiger partial charge in [0.25, 0.3) is 0 Å². The van der Waals surface area contributed by atoms with Crippen LogP contribution in [0.2, 0.25) is 0 Å². The van der Waals surface area contributed by atoms with Gasteiger partial charge in [0.2, 0.25) is 6.41 Å². The molecule has 4 nitrogen and oxygen atoms in total. The molecular formula is C12H13F3N2O2. The molecular weight excluding hydrogens is 261 g/mol. The van der Waals surface area contributed by atoms with Gasteiger partial charge >= 0.3 is 6.18 Å². The van der Waals surface area contributed by atoms with Gasteiger partial charge in [0.1, 0.15) is 0 Å². The maximum absolute atomic E-state index is 12.9. The minimum atomic E-state index is -4.51. The summed E-state index contributed by atoms with van der Waals surface area (Å²) in [4.78, 5) is 12.2. The van der Waals surface area contributed by atoms with E-state index in [4.69, 9.17) is 4.74 Å². The van der Waals surface area contributed by atoms with E-state index < -0.39 is 11.7 Å². The molecule has 1 aliphatic heterocycles. The van der Waals surface area contributed by atoms with E-state index in [1.54, 1.807) is 6.07 Å². The zero-order valence-corrected chi connectivity index (χ0v) is 10.0. The number of morpholine rings is 1. The van der Waals surface area contributed by atoms with Crippen LogP contribution in [0.1, 0.15) is 5.56 Å². The molecule has 0 radical (unpaired) electrons. The second kappa shape index (κ2) is 5.48. The first-order valence-corrected chi connectivity index (χ1v) is 5.76. The predicted octanol–water partition coefficient (Wildman–Crippen LogP) is 2.11. The number of anilines is 2. The standard InChI is InChI=1S/C12H13F3N2O2/c13-12(14,15)10-7-9(1-2-11(10)16-8-18)17-3-5-19-6-4-17/h1-2,7-8H,3-6H2,(H,16,18). The number of ether oxygens (including phenoxy) is 1. The Kier molecular flexibility index (Phi) is 3.94. The minimum Gasteiger partial charge on any atom is -0.378 e. The lowest BCUT2D eigenvalue weighted by atomic mass is 10.1. The molecule has 1 aliphatic rings. The molecule has 1 N–H and O–H groups in total. The summed E-state index contributed by atoms with van der Waals surface area (Å²) in [7, 11) is 0. The van der Waals surface area contributed by atoms with Gasteiger partial charge in [-0.05, 0) is 18.2 Å². The van der Waals surface area contributed by atoms with E-state index in [2.05, 4.69) is 5.32 Å². The van der Waals surface area contributed by atoms with Gasteiger partial charge < -0.3 is 15.0 Å². The quantitative estimate of drug-likeness (QED) is 0.858. The van der Waals surface area contributed by atoms with Crippen LogP contribution in [0.3, 0.4) is 0 Å². The predicted molar refractivity (Wildman–Crippen MR) is 64.2 cm³/mol. The number of amides is 1. The Morgan fingerprint density at radius 2 is 1.95 bits per heavy atom. The number of nitrogens with one attached hydrogen (secondary N) is 1. The zero-order chi connectivity index (χ0) is 13.9. The van der Waals surface area contributed by atoms with Crippen LogP contribution in [0.25, 0.3) is 0 Å². The number of halogens is 3. The molecule has 1 amide bonds. The highest BCUT2D eigenvalue weighted by molar-refractivity contribution is 5.75. The highest BCUT2D eigenvalue weighted by atomic mass is 19.4. The Labute approximate surface area is 108 Å². The van der Waals surface area contributed by atoms with Gasteiger partial charge in [0.05, 0.1) is 24.5 Å². The zero-order valence-electron chi connectivity index (χ0n) is 10.0. The van der Waals surface area contributed by atoms with E-state index in [-0.39, 0.29) is 12.1 Å². The third-order valence-electron chi connectivity index (χ3n) is 2.90. The molecule has 104 valence electrons.